The lowest BCUT2D eigenvalue weighted by molar-refractivity contribution is -0.159. The molecule has 1 aromatic carbocycles. The van der Waals surface area contributed by atoms with E-state index < -0.39 is 5.60 Å². The smallest absolute Gasteiger partial charge is 0.220 e. The highest BCUT2D eigenvalue weighted by molar-refractivity contribution is 5.74. The van der Waals surface area contributed by atoms with Crippen LogP contribution in [0.25, 0.3) is 0 Å². The van der Waals surface area contributed by atoms with Crippen molar-refractivity contribution in [2.24, 2.45) is 17.8 Å². The van der Waals surface area contributed by atoms with Crippen molar-refractivity contribution >= 4 is 5.91 Å². The Labute approximate surface area is 149 Å². The molecule has 1 amide bonds. The third-order valence-electron chi connectivity index (χ3n) is 6.86. The second-order valence-corrected chi connectivity index (χ2v) is 7.88. The van der Waals surface area contributed by atoms with Gasteiger partial charge in [-0.2, -0.15) is 0 Å². The van der Waals surface area contributed by atoms with Crippen molar-refractivity contribution in [2.75, 3.05) is 13.7 Å². The van der Waals surface area contributed by atoms with E-state index in [1.54, 1.807) is 14.0 Å². The predicted molar refractivity (Wildman–Crippen MR) is 96.3 cm³/mol. The quantitative estimate of drug-likeness (QED) is 0.841. The van der Waals surface area contributed by atoms with Gasteiger partial charge >= 0.3 is 0 Å². The van der Waals surface area contributed by atoms with E-state index in [1.165, 1.54) is 11.1 Å². The van der Waals surface area contributed by atoms with Crippen LogP contribution in [-0.4, -0.2) is 35.2 Å². The topological polar surface area (TPSA) is 49.8 Å². The SMILES string of the molecule is C=C[C@H]1CC[C@@H]2[C@H]3CCc4ccc(OC)cc4[C@H]3N(C(C)=O)C[C@@]21O. The summed E-state index contributed by atoms with van der Waals surface area (Å²) in [6.45, 7) is 5.95. The fraction of sp³-hybridized carbons (Fsp3) is 0.571. The molecule has 0 bridgehead atoms. The number of likely N-dealkylation sites (tertiary alicyclic amines) is 1. The Morgan fingerprint density at radius 3 is 2.88 bits per heavy atom. The standard InChI is InChI=1S/C21H27NO3/c1-4-15-7-10-19-17-9-6-14-5-8-16(25-3)11-18(14)20(17)22(13(2)23)12-21(15,19)24/h4-5,8,11,15,17,19-20,24H,1,6-7,9-10,12H2,2-3H3/t15-,17+,19+,20-,21-/m0/s1. The number of methoxy groups -OCH3 is 1. The zero-order valence-electron chi connectivity index (χ0n) is 15.1. The highest BCUT2D eigenvalue weighted by Gasteiger charge is 2.58. The van der Waals surface area contributed by atoms with Gasteiger partial charge in [-0.05, 0) is 60.8 Å². The molecule has 2 aliphatic carbocycles. The number of carbonyl (C=O) groups excluding carboxylic acids is 1. The Hall–Kier alpha value is -1.81. The molecule has 1 aromatic rings. The Morgan fingerprint density at radius 2 is 2.20 bits per heavy atom. The zero-order valence-corrected chi connectivity index (χ0v) is 15.1. The summed E-state index contributed by atoms with van der Waals surface area (Å²) < 4.78 is 5.43. The molecule has 0 aromatic heterocycles. The number of benzene rings is 1. The molecule has 1 saturated carbocycles. The highest BCUT2D eigenvalue weighted by atomic mass is 16.5. The normalized spacial score (nSPS) is 36.2. The van der Waals surface area contributed by atoms with Gasteiger partial charge in [-0.3, -0.25) is 4.79 Å². The van der Waals surface area contributed by atoms with E-state index in [1.807, 2.05) is 17.0 Å². The highest BCUT2D eigenvalue weighted by Crippen LogP contribution is 2.57. The molecular formula is C21H27NO3. The van der Waals surface area contributed by atoms with E-state index in [4.69, 9.17) is 4.74 Å². The Balaban J connectivity index is 1.81. The summed E-state index contributed by atoms with van der Waals surface area (Å²) in [5.74, 6) is 1.47. The van der Waals surface area contributed by atoms with Crippen LogP contribution in [0.4, 0.5) is 0 Å². The minimum atomic E-state index is -0.828. The van der Waals surface area contributed by atoms with E-state index in [9.17, 15) is 9.90 Å². The Bertz CT molecular complexity index is 715. The summed E-state index contributed by atoms with van der Waals surface area (Å²) in [5, 5.41) is 11.5. The molecule has 4 rings (SSSR count). The second-order valence-electron chi connectivity index (χ2n) is 7.88. The molecular weight excluding hydrogens is 314 g/mol. The average molecular weight is 341 g/mol. The van der Waals surface area contributed by atoms with Gasteiger partial charge in [-0.25, -0.2) is 0 Å². The first-order valence-corrected chi connectivity index (χ1v) is 9.28. The van der Waals surface area contributed by atoms with Crippen LogP contribution in [-0.2, 0) is 11.2 Å². The number of hydrogen-bond acceptors (Lipinski definition) is 3. The van der Waals surface area contributed by atoms with Gasteiger partial charge in [-0.15, -0.1) is 6.58 Å². The molecule has 134 valence electrons. The molecule has 1 N–H and O–H groups in total. The maximum Gasteiger partial charge on any atom is 0.220 e. The molecule has 5 atom stereocenters. The third-order valence-corrected chi connectivity index (χ3v) is 6.86. The largest absolute Gasteiger partial charge is 0.497 e. The van der Waals surface area contributed by atoms with E-state index in [0.29, 0.717) is 12.5 Å². The lowest BCUT2D eigenvalue weighted by atomic mass is 9.64. The Morgan fingerprint density at radius 1 is 1.40 bits per heavy atom. The average Bonchev–Trinajstić information content (AvgIpc) is 2.96. The number of amides is 1. The second kappa shape index (κ2) is 5.87. The van der Waals surface area contributed by atoms with Crippen molar-refractivity contribution in [1.29, 1.82) is 0 Å². The zero-order chi connectivity index (χ0) is 17.8. The predicted octanol–water partition coefficient (Wildman–Crippen LogP) is 3.10. The Kier molecular flexibility index (Phi) is 3.91. The molecule has 4 heteroatoms. The van der Waals surface area contributed by atoms with Crippen LogP contribution in [0.3, 0.4) is 0 Å². The van der Waals surface area contributed by atoms with Gasteiger partial charge < -0.3 is 14.7 Å². The summed E-state index contributed by atoms with van der Waals surface area (Å²) in [6, 6.07) is 6.27. The van der Waals surface area contributed by atoms with Crippen molar-refractivity contribution in [3.05, 3.63) is 42.0 Å². The van der Waals surface area contributed by atoms with Gasteiger partial charge in [0.2, 0.25) is 5.91 Å². The van der Waals surface area contributed by atoms with Crippen molar-refractivity contribution in [3.8, 4) is 5.75 Å². The number of rotatable bonds is 2. The lowest BCUT2D eigenvalue weighted by Gasteiger charge is -2.54. The molecule has 0 unspecified atom stereocenters. The molecule has 2 fully saturated rings. The third kappa shape index (κ3) is 2.34. The van der Waals surface area contributed by atoms with Crippen LogP contribution in [0.1, 0.15) is 43.4 Å². The maximum atomic E-state index is 12.5. The summed E-state index contributed by atoms with van der Waals surface area (Å²) in [7, 11) is 1.68. The van der Waals surface area contributed by atoms with E-state index in [2.05, 4.69) is 18.7 Å². The van der Waals surface area contributed by atoms with Gasteiger partial charge in [0.1, 0.15) is 5.75 Å². The van der Waals surface area contributed by atoms with Crippen LogP contribution >= 0.6 is 0 Å². The number of nitrogens with zero attached hydrogens (tertiary/aromatic N) is 1. The number of aliphatic hydroxyl groups is 1. The molecule has 4 nitrogen and oxygen atoms in total. The van der Waals surface area contributed by atoms with E-state index >= 15 is 0 Å². The maximum absolute atomic E-state index is 12.5. The van der Waals surface area contributed by atoms with Crippen LogP contribution in [0, 0.1) is 17.8 Å². The summed E-state index contributed by atoms with van der Waals surface area (Å²) in [6.07, 6.45) is 5.88. The van der Waals surface area contributed by atoms with E-state index in [-0.39, 0.29) is 23.8 Å². The molecule has 25 heavy (non-hydrogen) atoms. The molecule has 1 heterocycles. The monoisotopic (exact) mass is 341 g/mol. The van der Waals surface area contributed by atoms with Gasteiger partial charge in [0.15, 0.2) is 0 Å². The number of aryl methyl sites for hydroxylation is 1. The van der Waals surface area contributed by atoms with Crippen LogP contribution in [0.5, 0.6) is 5.75 Å². The minimum Gasteiger partial charge on any atom is -0.497 e. The van der Waals surface area contributed by atoms with Crippen molar-refractivity contribution in [1.82, 2.24) is 4.90 Å². The van der Waals surface area contributed by atoms with Crippen molar-refractivity contribution in [3.63, 3.8) is 0 Å². The number of fused-ring (bicyclic) bond motifs is 5. The van der Waals surface area contributed by atoms with Crippen LogP contribution < -0.4 is 4.74 Å². The van der Waals surface area contributed by atoms with Crippen LogP contribution in [0.2, 0.25) is 0 Å². The number of piperidine rings is 1. The van der Waals surface area contributed by atoms with Gasteiger partial charge in [0.25, 0.3) is 0 Å². The first-order valence-electron chi connectivity index (χ1n) is 9.28. The molecule has 3 aliphatic rings. The van der Waals surface area contributed by atoms with Crippen molar-refractivity contribution in [2.45, 2.75) is 44.2 Å². The van der Waals surface area contributed by atoms with Crippen molar-refractivity contribution < 1.29 is 14.6 Å². The first-order chi connectivity index (χ1) is 12.0. The molecule has 0 radical (unpaired) electrons. The number of carbonyl (C=O) groups is 1. The number of ether oxygens (including phenoxy) is 1. The number of β-amino-alcohol motifs (C(OH)–C–C–N with tert-alkyl or cyclic N) is 1. The van der Waals surface area contributed by atoms with Gasteiger partial charge in [-0.1, -0.05) is 12.1 Å². The first kappa shape index (κ1) is 16.6. The summed E-state index contributed by atoms with van der Waals surface area (Å²) >= 11 is 0. The van der Waals surface area contributed by atoms with Crippen LogP contribution in [0.15, 0.2) is 30.9 Å². The summed E-state index contributed by atoms with van der Waals surface area (Å²) in [4.78, 5) is 14.4. The van der Waals surface area contributed by atoms with Gasteiger partial charge in [0.05, 0.1) is 25.3 Å². The molecule has 0 spiro atoms. The fourth-order valence-corrected chi connectivity index (χ4v) is 5.69. The minimum absolute atomic E-state index is 0.0345. The summed E-state index contributed by atoms with van der Waals surface area (Å²) in [5.41, 5.74) is 1.68. The number of hydrogen-bond donors (Lipinski definition) is 1. The lowest BCUT2D eigenvalue weighted by Crippen LogP contribution is -2.61. The molecule has 1 saturated heterocycles. The molecule has 1 aliphatic heterocycles. The van der Waals surface area contributed by atoms with Gasteiger partial charge in [0, 0.05) is 12.8 Å². The van der Waals surface area contributed by atoms with E-state index in [0.717, 1.165) is 31.4 Å². The fourth-order valence-electron chi connectivity index (χ4n) is 5.69.